The average molecular weight is 311 g/mol. The van der Waals surface area contributed by atoms with Crippen molar-refractivity contribution in [3.63, 3.8) is 0 Å². The monoisotopic (exact) mass is 310 g/mol. The molecule has 0 unspecified atom stereocenters. The molecule has 1 aliphatic rings. The zero-order chi connectivity index (χ0) is 13.0. The Morgan fingerprint density at radius 3 is 2.83 bits per heavy atom. The fourth-order valence-corrected chi connectivity index (χ4v) is 2.71. The molecule has 0 aliphatic carbocycles. The second-order valence-corrected chi connectivity index (χ2v) is 5.92. The van der Waals surface area contributed by atoms with Crippen LogP contribution in [-0.2, 0) is 4.79 Å². The number of hydrogen-bond acceptors (Lipinski definition) is 2. The third kappa shape index (κ3) is 4.10. The molecule has 1 aromatic carbocycles. The molecule has 3 nitrogen and oxygen atoms in total. The van der Waals surface area contributed by atoms with E-state index in [0.717, 1.165) is 36.1 Å². The minimum atomic E-state index is 0.127. The number of nitrogens with zero attached hydrogens (tertiary/aromatic N) is 1. The SMILES string of the molecule is CN1CCC(CC(=O)Nc2cccc(Br)c2)CC1. The Morgan fingerprint density at radius 1 is 1.44 bits per heavy atom. The number of rotatable bonds is 3. The lowest BCUT2D eigenvalue weighted by molar-refractivity contribution is -0.117. The lowest BCUT2D eigenvalue weighted by atomic mass is 9.93. The van der Waals surface area contributed by atoms with Crippen molar-refractivity contribution in [3.8, 4) is 0 Å². The number of anilines is 1. The molecule has 1 N–H and O–H groups in total. The molecule has 18 heavy (non-hydrogen) atoms. The second-order valence-electron chi connectivity index (χ2n) is 5.01. The lowest BCUT2D eigenvalue weighted by Gasteiger charge is -2.28. The van der Waals surface area contributed by atoms with E-state index in [1.54, 1.807) is 0 Å². The first kappa shape index (κ1) is 13.6. The van der Waals surface area contributed by atoms with E-state index in [9.17, 15) is 4.79 Å². The molecule has 1 aromatic rings. The van der Waals surface area contributed by atoms with Gasteiger partial charge in [0.2, 0.25) is 5.91 Å². The predicted octanol–water partition coefficient (Wildman–Crippen LogP) is 3.12. The minimum Gasteiger partial charge on any atom is -0.326 e. The Hall–Kier alpha value is -0.870. The van der Waals surface area contributed by atoms with Gasteiger partial charge in [0.05, 0.1) is 0 Å². The fraction of sp³-hybridized carbons (Fsp3) is 0.500. The van der Waals surface area contributed by atoms with Gasteiger partial charge in [-0.15, -0.1) is 0 Å². The highest BCUT2D eigenvalue weighted by molar-refractivity contribution is 9.10. The van der Waals surface area contributed by atoms with Crippen molar-refractivity contribution >= 4 is 27.5 Å². The highest BCUT2D eigenvalue weighted by Gasteiger charge is 2.19. The van der Waals surface area contributed by atoms with Crippen LogP contribution in [0.15, 0.2) is 28.7 Å². The Morgan fingerprint density at radius 2 is 2.17 bits per heavy atom. The van der Waals surface area contributed by atoms with Crippen LogP contribution in [0.25, 0.3) is 0 Å². The summed E-state index contributed by atoms with van der Waals surface area (Å²) < 4.78 is 0.986. The van der Waals surface area contributed by atoms with Crippen molar-refractivity contribution in [3.05, 3.63) is 28.7 Å². The normalized spacial score (nSPS) is 17.7. The maximum Gasteiger partial charge on any atom is 0.224 e. The Bertz CT molecular complexity index is 414. The topological polar surface area (TPSA) is 32.3 Å². The summed E-state index contributed by atoms with van der Waals surface area (Å²) in [7, 11) is 2.14. The summed E-state index contributed by atoms with van der Waals surface area (Å²) in [6, 6.07) is 7.71. The van der Waals surface area contributed by atoms with Gasteiger partial charge < -0.3 is 10.2 Å². The zero-order valence-corrected chi connectivity index (χ0v) is 12.2. The molecule has 1 amide bonds. The summed E-state index contributed by atoms with van der Waals surface area (Å²) in [4.78, 5) is 14.3. The van der Waals surface area contributed by atoms with Gasteiger partial charge in [-0.2, -0.15) is 0 Å². The molecule has 0 atom stereocenters. The van der Waals surface area contributed by atoms with Gasteiger partial charge in [-0.3, -0.25) is 4.79 Å². The first-order chi connectivity index (χ1) is 8.63. The third-order valence-electron chi connectivity index (χ3n) is 3.42. The van der Waals surface area contributed by atoms with Crippen LogP contribution < -0.4 is 5.32 Å². The van der Waals surface area contributed by atoms with Crippen molar-refractivity contribution in [2.24, 2.45) is 5.92 Å². The number of likely N-dealkylation sites (tertiary alicyclic amines) is 1. The molecule has 0 bridgehead atoms. The fourth-order valence-electron chi connectivity index (χ4n) is 2.31. The van der Waals surface area contributed by atoms with Crippen LogP contribution in [0.4, 0.5) is 5.69 Å². The van der Waals surface area contributed by atoms with E-state index in [0.29, 0.717) is 12.3 Å². The Balaban J connectivity index is 1.82. The lowest BCUT2D eigenvalue weighted by Crippen LogP contribution is -2.31. The highest BCUT2D eigenvalue weighted by atomic mass is 79.9. The highest BCUT2D eigenvalue weighted by Crippen LogP contribution is 2.21. The van der Waals surface area contributed by atoms with Crippen LogP contribution in [0.1, 0.15) is 19.3 Å². The maximum atomic E-state index is 11.9. The van der Waals surface area contributed by atoms with Gasteiger partial charge >= 0.3 is 0 Å². The van der Waals surface area contributed by atoms with Crippen molar-refractivity contribution in [1.29, 1.82) is 0 Å². The molecule has 1 fully saturated rings. The Kier molecular flexibility index (Phi) is 4.78. The molecular formula is C14H19BrN2O. The summed E-state index contributed by atoms with van der Waals surface area (Å²) in [6.45, 7) is 2.21. The van der Waals surface area contributed by atoms with Gasteiger partial charge in [0.1, 0.15) is 0 Å². The minimum absolute atomic E-state index is 0.127. The number of piperidine rings is 1. The van der Waals surface area contributed by atoms with Gasteiger partial charge in [0, 0.05) is 16.6 Å². The zero-order valence-electron chi connectivity index (χ0n) is 10.7. The van der Waals surface area contributed by atoms with Gasteiger partial charge in [-0.25, -0.2) is 0 Å². The van der Waals surface area contributed by atoms with Crippen molar-refractivity contribution in [2.45, 2.75) is 19.3 Å². The van der Waals surface area contributed by atoms with Crippen LogP contribution in [0.5, 0.6) is 0 Å². The van der Waals surface area contributed by atoms with E-state index < -0.39 is 0 Å². The Labute approximate surface area is 117 Å². The summed E-state index contributed by atoms with van der Waals surface area (Å²) in [5.74, 6) is 0.663. The largest absolute Gasteiger partial charge is 0.326 e. The molecule has 1 aliphatic heterocycles. The van der Waals surface area contributed by atoms with E-state index in [2.05, 4.69) is 33.2 Å². The van der Waals surface area contributed by atoms with Gasteiger partial charge in [-0.1, -0.05) is 22.0 Å². The van der Waals surface area contributed by atoms with Crippen molar-refractivity contribution in [1.82, 2.24) is 4.90 Å². The standard InChI is InChI=1S/C14H19BrN2O/c1-17-7-5-11(6-8-17)9-14(18)16-13-4-2-3-12(15)10-13/h2-4,10-11H,5-9H2,1H3,(H,16,18). The number of carbonyl (C=O) groups excluding carboxylic acids is 1. The molecule has 0 spiro atoms. The van der Waals surface area contributed by atoms with E-state index in [1.807, 2.05) is 24.3 Å². The van der Waals surface area contributed by atoms with E-state index in [4.69, 9.17) is 0 Å². The number of carbonyl (C=O) groups is 1. The number of amides is 1. The summed E-state index contributed by atoms with van der Waals surface area (Å²) in [5, 5.41) is 2.96. The number of halogens is 1. The smallest absolute Gasteiger partial charge is 0.224 e. The van der Waals surface area contributed by atoms with Gasteiger partial charge in [0.15, 0.2) is 0 Å². The molecular weight excluding hydrogens is 292 g/mol. The first-order valence-electron chi connectivity index (χ1n) is 6.37. The molecule has 1 saturated heterocycles. The number of benzene rings is 1. The third-order valence-corrected chi connectivity index (χ3v) is 3.91. The summed E-state index contributed by atoms with van der Waals surface area (Å²) in [6.07, 6.45) is 2.89. The van der Waals surface area contributed by atoms with E-state index >= 15 is 0 Å². The van der Waals surface area contributed by atoms with Crippen LogP contribution in [-0.4, -0.2) is 30.9 Å². The van der Waals surface area contributed by atoms with Crippen LogP contribution in [0.2, 0.25) is 0 Å². The number of hydrogen-bond donors (Lipinski definition) is 1. The molecule has 1 heterocycles. The second kappa shape index (κ2) is 6.34. The quantitative estimate of drug-likeness (QED) is 0.930. The van der Waals surface area contributed by atoms with Gasteiger partial charge in [-0.05, 0) is 57.1 Å². The van der Waals surface area contributed by atoms with E-state index in [1.165, 1.54) is 0 Å². The molecule has 0 radical (unpaired) electrons. The number of nitrogens with one attached hydrogen (secondary N) is 1. The molecule has 0 aromatic heterocycles. The summed E-state index contributed by atoms with van der Waals surface area (Å²) in [5.41, 5.74) is 0.863. The molecule has 4 heteroatoms. The maximum absolute atomic E-state index is 11.9. The first-order valence-corrected chi connectivity index (χ1v) is 7.17. The van der Waals surface area contributed by atoms with Crippen molar-refractivity contribution in [2.75, 3.05) is 25.5 Å². The van der Waals surface area contributed by atoms with Crippen LogP contribution in [0, 0.1) is 5.92 Å². The van der Waals surface area contributed by atoms with Crippen LogP contribution >= 0.6 is 15.9 Å². The van der Waals surface area contributed by atoms with Gasteiger partial charge in [0.25, 0.3) is 0 Å². The summed E-state index contributed by atoms with van der Waals surface area (Å²) >= 11 is 3.40. The predicted molar refractivity (Wildman–Crippen MR) is 77.6 cm³/mol. The van der Waals surface area contributed by atoms with Crippen molar-refractivity contribution < 1.29 is 4.79 Å². The molecule has 2 rings (SSSR count). The van der Waals surface area contributed by atoms with Crippen LogP contribution in [0.3, 0.4) is 0 Å². The molecule has 98 valence electrons. The molecule has 0 saturated carbocycles. The van der Waals surface area contributed by atoms with E-state index in [-0.39, 0.29) is 5.91 Å². The average Bonchev–Trinajstić information content (AvgIpc) is 2.32.